The van der Waals surface area contributed by atoms with Crippen LogP contribution in [0.25, 0.3) is 0 Å². The van der Waals surface area contributed by atoms with Gasteiger partial charge in [-0.1, -0.05) is 40.0 Å². The molecule has 0 saturated heterocycles. The van der Waals surface area contributed by atoms with Crippen LogP contribution in [0, 0.1) is 5.41 Å². The average Bonchev–Trinajstić information content (AvgIpc) is 2.41. The van der Waals surface area contributed by atoms with Crippen LogP contribution in [-0.4, -0.2) is 45.0 Å². The van der Waals surface area contributed by atoms with Gasteiger partial charge in [-0.05, 0) is 32.6 Å². The second-order valence-electron chi connectivity index (χ2n) is 7.70. The Morgan fingerprint density at radius 1 is 1.04 bits per heavy atom. The van der Waals surface area contributed by atoms with Crippen molar-refractivity contribution in [2.45, 2.75) is 72.0 Å². The summed E-state index contributed by atoms with van der Waals surface area (Å²) in [5.74, 6) is 0.688. The van der Waals surface area contributed by atoms with Gasteiger partial charge in [0.15, 0.2) is 15.8 Å². The molecule has 0 radical (unpaired) electrons. The third-order valence-corrected chi connectivity index (χ3v) is 6.30. The fourth-order valence-corrected chi connectivity index (χ4v) is 2.33. The van der Waals surface area contributed by atoms with Crippen molar-refractivity contribution < 1.29 is 8.42 Å². The Kier molecular flexibility index (Phi) is 9.18. The highest BCUT2D eigenvalue weighted by Gasteiger charge is 2.30. The van der Waals surface area contributed by atoms with E-state index in [2.05, 4.69) is 36.4 Å². The summed E-state index contributed by atoms with van der Waals surface area (Å²) >= 11 is 0. The van der Waals surface area contributed by atoms with Crippen molar-refractivity contribution in [3.05, 3.63) is 0 Å². The lowest BCUT2D eigenvalue weighted by Gasteiger charge is -2.26. The van der Waals surface area contributed by atoms with E-state index in [1.807, 2.05) is 6.92 Å². The van der Waals surface area contributed by atoms with E-state index in [0.717, 1.165) is 19.5 Å². The number of aliphatic imine (C=N–C) groups is 1. The van der Waals surface area contributed by atoms with E-state index >= 15 is 0 Å². The van der Waals surface area contributed by atoms with E-state index in [-0.39, 0.29) is 5.41 Å². The smallest absolute Gasteiger partial charge is 0.191 e. The summed E-state index contributed by atoms with van der Waals surface area (Å²) in [4.78, 5) is 4.65. The maximum atomic E-state index is 11.8. The lowest BCUT2D eigenvalue weighted by molar-refractivity contribution is 0.332. The van der Waals surface area contributed by atoms with Gasteiger partial charge in [0.2, 0.25) is 0 Å². The van der Waals surface area contributed by atoms with Crippen LogP contribution in [0.15, 0.2) is 4.99 Å². The third-order valence-electron chi connectivity index (χ3n) is 4.15. The van der Waals surface area contributed by atoms with Crippen molar-refractivity contribution in [3.8, 4) is 0 Å². The Hall–Kier alpha value is -0.780. The highest BCUT2D eigenvalue weighted by Crippen LogP contribution is 2.24. The second-order valence-corrected chi connectivity index (χ2v) is 10.4. The molecule has 2 N–H and O–H groups in total. The maximum Gasteiger partial charge on any atom is 0.191 e. The van der Waals surface area contributed by atoms with Gasteiger partial charge >= 0.3 is 0 Å². The van der Waals surface area contributed by atoms with Gasteiger partial charge in [-0.3, -0.25) is 4.99 Å². The first kappa shape index (κ1) is 22.2. The minimum absolute atomic E-state index is 0.157. The first-order chi connectivity index (χ1) is 10.4. The highest BCUT2D eigenvalue weighted by molar-refractivity contribution is 7.92. The number of hydrogen-bond acceptors (Lipinski definition) is 3. The van der Waals surface area contributed by atoms with Gasteiger partial charge in [-0.2, -0.15) is 0 Å². The monoisotopic (exact) mass is 347 g/mol. The topological polar surface area (TPSA) is 70.6 Å². The van der Waals surface area contributed by atoms with Crippen molar-refractivity contribution in [2.24, 2.45) is 10.4 Å². The van der Waals surface area contributed by atoms with Gasteiger partial charge in [0.25, 0.3) is 0 Å². The number of nitrogens with one attached hydrogen (secondary N) is 2. The van der Waals surface area contributed by atoms with Gasteiger partial charge < -0.3 is 10.6 Å². The number of rotatable bonds is 10. The molecule has 23 heavy (non-hydrogen) atoms. The van der Waals surface area contributed by atoms with Crippen LogP contribution in [0.1, 0.15) is 67.2 Å². The van der Waals surface area contributed by atoms with E-state index in [9.17, 15) is 8.42 Å². The molecule has 0 saturated carbocycles. The Labute approximate surface area is 143 Å². The first-order valence-electron chi connectivity index (χ1n) is 8.67. The summed E-state index contributed by atoms with van der Waals surface area (Å²) in [5, 5.41) is 6.36. The summed E-state index contributed by atoms with van der Waals surface area (Å²) < 4.78 is 22.8. The number of guanidine groups is 1. The van der Waals surface area contributed by atoms with E-state index in [4.69, 9.17) is 0 Å². The van der Waals surface area contributed by atoms with Gasteiger partial charge in [0, 0.05) is 25.9 Å². The van der Waals surface area contributed by atoms with Crippen LogP contribution in [0.2, 0.25) is 0 Å². The summed E-state index contributed by atoms with van der Waals surface area (Å²) in [6, 6.07) is 0. The van der Waals surface area contributed by atoms with E-state index in [1.54, 1.807) is 13.8 Å². The quantitative estimate of drug-likeness (QED) is 0.362. The minimum atomic E-state index is -3.12. The van der Waals surface area contributed by atoms with Crippen LogP contribution < -0.4 is 10.6 Å². The summed E-state index contributed by atoms with van der Waals surface area (Å²) in [7, 11) is -3.12. The molecule has 138 valence electrons. The standard InChI is InChI=1S/C17H37N3O2S/c1-8-10-11-12-16(3,4)13-19-15(18-9-2)20-14-17(5,6)23(7,21)22/h8-14H2,1-7H3,(H2,18,19,20). The van der Waals surface area contributed by atoms with Gasteiger partial charge in [0.05, 0.1) is 4.75 Å². The molecule has 0 aromatic carbocycles. The van der Waals surface area contributed by atoms with Crippen LogP contribution >= 0.6 is 0 Å². The predicted octanol–water partition coefficient (Wildman–Crippen LogP) is 2.97. The summed E-state index contributed by atoms with van der Waals surface area (Å²) in [5.41, 5.74) is 0.157. The molecule has 0 heterocycles. The lowest BCUT2D eigenvalue weighted by Crippen LogP contribution is -2.48. The zero-order chi connectivity index (χ0) is 18.1. The molecule has 0 spiro atoms. The largest absolute Gasteiger partial charge is 0.357 e. The molecule has 0 aliphatic carbocycles. The SMILES string of the molecule is CCCCCC(C)(C)CN=C(NCC)NCC(C)(C)S(C)(=O)=O. The molecule has 0 fully saturated rings. The number of hydrogen-bond donors (Lipinski definition) is 2. The Bertz CT molecular complexity index is 468. The van der Waals surface area contributed by atoms with Crippen molar-refractivity contribution in [2.75, 3.05) is 25.9 Å². The van der Waals surface area contributed by atoms with Gasteiger partial charge in [-0.15, -0.1) is 0 Å². The van der Waals surface area contributed by atoms with Crippen molar-refractivity contribution >= 4 is 15.8 Å². The number of sulfone groups is 1. The fraction of sp³-hybridized carbons (Fsp3) is 0.941. The van der Waals surface area contributed by atoms with Gasteiger partial charge in [0.1, 0.15) is 0 Å². The maximum absolute atomic E-state index is 11.8. The van der Waals surface area contributed by atoms with Crippen molar-refractivity contribution in [1.29, 1.82) is 0 Å². The zero-order valence-electron chi connectivity index (χ0n) is 16.1. The molecule has 0 aromatic heterocycles. The Balaban J connectivity index is 4.72. The molecule has 0 bridgehead atoms. The lowest BCUT2D eigenvalue weighted by atomic mass is 9.87. The second kappa shape index (κ2) is 9.50. The molecular formula is C17H37N3O2S. The van der Waals surface area contributed by atoms with Crippen LogP contribution in [0.5, 0.6) is 0 Å². The first-order valence-corrected chi connectivity index (χ1v) is 10.6. The summed E-state index contributed by atoms with van der Waals surface area (Å²) in [6.45, 7) is 14.0. The molecule has 0 atom stereocenters. The highest BCUT2D eigenvalue weighted by atomic mass is 32.2. The predicted molar refractivity (Wildman–Crippen MR) is 101 cm³/mol. The molecule has 0 aromatic rings. The normalized spacial score (nSPS) is 14.0. The van der Waals surface area contributed by atoms with Crippen LogP contribution in [-0.2, 0) is 9.84 Å². The van der Waals surface area contributed by atoms with Crippen LogP contribution in [0.3, 0.4) is 0 Å². The Morgan fingerprint density at radius 3 is 2.13 bits per heavy atom. The van der Waals surface area contributed by atoms with Crippen LogP contribution in [0.4, 0.5) is 0 Å². The zero-order valence-corrected chi connectivity index (χ0v) is 16.9. The summed E-state index contributed by atoms with van der Waals surface area (Å²) in [6.07, 6.45) is 6.14. The van der Waals surface area contributed by atoms with Crippen molar-refractivity contribution in [1.82, 2.24) is 10.6 Å². The minimum Gasteiger partial charge on any atom is -0.357 e. The van der Waals surface area contributed by atoms with E-state index in [0.29, 0.717) is 12.5 Å². The number of nitrogens with zero attached hydrogens (tertiary/aromatic N) is 1. The molecule has 6 heteroatoms. The van der Waals surface area contributed by atoms with E-state index < -0.39 is 14.6 Å². The molecule has 0 aliphatic heterocycles. The third kappa shape index (κ3) is 9.18. The molecule has 0 unspecified atom stereocenters. The Morgan fingerprint density at radius 2 is 1.65 bits per heavy atom. The molecule has 0 aliphatic rings. The molecule has 0 amide bonds. The number of unbranched alkanes of at least 4 members (excludes halogenated alkanes) is 2. The molecule has 5 nitrogen and oxygen atoms in total. The molecule has 0 rings (SSSR count). The fourth-order valence-electron chi connectivity index (χ4n) is 2.00. The van der Waals surface area contributed by atoms with E-state index in [1.165, 1.54) is 25.5 Å². The average molecular weight is 348 g/mol. The van der Waals surface area contributed by atoms with Gasteiger partial charge in [-0.25, -0.2) is 8.42 Å². The van der Waals surface area contributed by atoms with Crippen molar-refractivity contribution in [3.63, 3.8) is 0 Å². The molecular weight excluding hydrogens is 310 g/mol.